The van der Waals surface area contributed by atoms with Gasteiger partial charge in [-0.15, -0.1) is 0 Å². The number of rotatable bonds is 11. The summed E-state index contributed by atoms with van der Waals surface area (Å²) in [7, 11) is -4.03. The molecule has 6 N–H and O–H groups in total. The number of nitrogens with one attached hydrogen (secondary N) is 2. The maximum atomic E-state index is 13.2. The van der Waals surface area contributed by atoms with Gasteiger partial charge in [0, 0.05) is 12.1 Å². The number of hydroxylamine groups is 1. The number of anilines is 1. The van der Waals surface area contributed by atoms with Crippen molar-refractivity contribution in [3.05, 3.63) is 93.9 Å². The van der Waals surface area contributed by atoms with Crippen LogP contribution in [0.1, 0.15) is 29.3 Å². The van der Waals surface area contributed by atoms with E-state index in [9.17, 15) is 18.0 Å². The monoisotopic (exact) mass is 526 g/mol. The van der Waals surface area contributed by atoms with Crippen molar-refractivity contribution in [3.8, 4) is 0 Å². The van der Waals surface area contributed by atoms with Gasteiger partial charge in [-0.3, -0.25) is 23.7 Å². The number of carbonyl (C=O) groups excluding carboxylic acids is 1. The number of primary amides is 1. The SMILES string of the molecule is Cc1cccc(S(=O)(=O)Nc2ccc(C)n(C(CCONC(N)=NCc3ccccc3)C(N)=O)c2=O)c1. The number of pyridine rings is 1. The molecule has 11 nitrogen and oxygen atoms in total. The van der Waals surface area contributed by atoms with E-state index in [1.807, 2.05) is 30.3 Å². The number of sulfonamides is 1. The molecule has 3 rings (SSSR count). The minimum atomic E-state index is -4.03. The minimum Gasteiger partial charge on any atom is -0.368 e. The van der Waals surface area contributed by atoms with Crippen molar-refractivity contribution in [3.63, 3.8) is 0 Å². The molecule has 0 radical (unpaired) electrons. The van der Waals surface area contributed by atoms with Gasteiger partial charge in [0.2, 0.25) is 11.9 Å². The van der Waals surface area contributed by atoms with Gasteiger partial charge in [0.05, 0.1) is 18.0 Å². The highest BCUT2D eigenvalue weighted by Gasteiger charge is 2.24. The molecule has 12 heteroatoms. The highest BCUT2D eigenvalue weighted by atomic mass is 32.2. The Morgan fingerprint density at radius 3 is 2.46 bits per heavy atom. The molecule has 0 bridgehead atoms. The first-order valence-corrected chi connectivity index (χ1v) is 12.9. The smallest absolute Gasteiger partial charge is 0.275 e. The van der Waals surface area contributed by atoms with Crippen LogP contribution in [-0.4, -0.2) is 31.5 Å². The molecule has 1 aromatic heterocycles. The van der Waals surface area contributed by atoms with Crippen molar-refractivity contribution in [1.29, 1.82) is 0 Å². The molecule has 196 valence electrons. The van der Waals surface area contributed by atoms with E-state index in [0.29, 0.717) is 12.2 Å². The van der Waals surface area contributed by atoms with Crippen LogP contribution in [0.5, 0.6) is 0 Å². The van der Waals surface area contributed by atoms with Crippen LogP contribution in [0, 0.1) is 13.8 Å². The maximum absolute atomic E-state index is 13.2. The Bertz CT molecular complexity index is 1440. The molecule has 1 heterocycles. The van der Waals surface area contributed by atoms with E-state index in [1.165, 1.54) is 24.3 Å². The molecule has 0 aliphatic rings. The molecule has 37 heavy (non-hydrogen) atoms. The summed E-state index contributed by atoms with van der Waals surface area (Å²) in [6.45, 7) is 3.69. The van der Waals surface area contributed by atoms with Crippen molar-refractivity contribution in [1.82, 2.24) is 10.0 Å². The first-order valence-electron chi connectivity index (χ1n) is 11.4. The Morgan fingerprint density at radius 2 is 1.78 bits per heavy atom. The normalized spacial score (nSPS) is 12.6. The van der Waals surface area contributed by atoms with E-state index in [1.54, 1.807) is 26.0 Å². The summed E-state index contributed by atoms with van der Waals surface area (Å²) in [5.41, 5.74) is 15.1. The van der Waals surface area contributed by atoms with Gasteiger partial charge >= 0.3 is 0 Å². The fraction of sp³-hybridized carbons (Fsp3) is 0.240. The summed E-state index contributed by atoms with van der Waals surface area (Å²) in [5, 5.41) is 0. The molecule has 2 aromatic carbocycles. The standard InChI is InChI=1S/C25H30N6O5S/c1-17-7-6-10-20(15-17)37(34,35)30-21-12-11-18(2)31(24(21)33)22(23(26)32)13-14-36-29-25(27)28-16-19-8-4-3-5-9-19/h3-12,15,22,30H,13-14,16H2,1-2H3,(H2,26,32)(H3,27,28,29). The van der Waals surface area contributed by atoms with Gasteiger partial charge in [-0.1, -0.05) is 42.5 Å². The Kier molecular flexibility index (Phi) is 9.04. The number of aromatic nitrogens is 1. The number of hydrogen-bond acceptors (Lipinski definition) is 6. The molecule has 0 saturated heterocycles. The van der Waals surface area contributed by atoms with Crippen molar-refractivity contribution < 1.29 is 18.0 Å². The third-order valence-corrected chi connectivity index (χ3v) is 6.81. The molecular formula is C25H30N6O5S. The fourth-order valence-corrected chi connectivity index (χ4v) is 4.74. The van der Waals surface area contributed by atoms with E-state index in [2.05, 4.69) is 15.2 Å². The lowest BCUT2D eigenvalue weighted by Crippen LogP contribution is -2.38. The lowest BCUT2D eigenvalue weighted by molar-refractivity contribution is -0.122. The number of amides is 1. The number of carbonyl (C=O) groups is 1. The van der Waals surface area contributed by atoms with Crippen LogP contribution < -0.4 is 27.2 Å². The van der Waals surface area contributed by atoms with Gasteiger partial charge < -0.3 is 11.5 Å². The van der Waals surface area contributed by atoms with Crippen LogP contribution in [0.2, 0.25) is 0 Å². The second kappa shape index (κ2) is 12.2. The van der Waals surface area contributed by atoms with Crippen LogP contribution in [0.25, 0.3) is 0 Å². The van der Waals surface area contributed by atoms with Gasteiger partial charge in [0.25, 0.3) is 15.6 Å². The van der Waals surface area contributed by atoms with Crippen LogP contribution in [0.3, 0.4) is 0 Å². The molecule has 0 fully saturated rings. The Balaban J connectivity index is 1.70. The summed E-state index contributed by atoms with van der Waals surface area (Å²) in [6.07, 6.45) is 0.0170. The molecule has 1 amide bonds. The van der Waals surface area contributed by atoms with E-state index in [4.69, 9.17) is 16.3 Å². The Hall–Kier alpha value is -4.16. The topological polar surface area (TPSA) is 171 Å². The molecule has 0 aliphatic carbocycles. The molecule has 3 aromatic rings. The van der Waals surface area contributed by atoms with Gasteiger partial charge in [0.1, 0.15) is 11.7 Å². The molecule has 1 atom stereocenters. The predicted molar refractivity (Wildman–Crippen MR) is 141 cm³/mol. The quantitative estimate of drug-likeness (QED) is 0.127. The van der Waals surface area contributed by atoms with Crippen LogP contribution >= 0.6 is 0 Å². The molecular weight excluding hydrogens is 496 g/mol. The average Bonchev–Trinajstić information content (AvgIpc) is 2.86. The Labute approximate surface area is 215 Å². The largest absolute Gasteiger partial charge is 0.368 e. The molecule has 0 spiro atoms. The lowest BCUT2D eigenvalue weighted by atomic mass is 10.1. The lowest BCUT2D eigenvalue weighted by Gasteiger charge is -2.20. The highest BCUT2D eigenvalue weighted by Crippen LogP contribution is 2.18. The van der Waals surface area contributed by atoms with Crippen LogP contribution in [-0.2, 0) is 26.2 Å². The van der Waals surface area contributed by atoms with Crippen molar-refractivity contribution >= 4 is 27.6 Å². The van der Waals surface area contributed by atoms with E-state index in [0.717, 1.165) is 15.7 Å². The number of guanidine groups is 1. The average molecular weight is 527 g/mol. The minimum absolute atomic E-state index is 0.0106. The maximum Gasteiger partial charge on any atom is 0.275 e. The number of hydrogen-bond donors (Lipinski definition) is 4. The van der Waals surface area contributed by atoms with Gasteiger partial charge in [-0.2, -0.15) is 0 Å². The second-order valence-corrected chi connectivity index (χ2v) is 10.0. The van der Waals surface area contributed by atoms with Crippen molar-refractivity contribution in [2.45, 2.75) is 37.8 Å². The van der Waals surface area contributed by atoms with Gasteiger partial charge in [-0.25, -0.2) is 18.9 Å². The molecule has 1 unspecified atom stereocenters. The number of nitrogens with zero attached hydrogens (tertiary/aromatic N) is 2. The second-order valence-electron chi connectivity index (χ2n) is 8.33. The zero-order valence-corrected chi connectivity index (χ0v) is 21.4. The summed E-state index contributed by atoms with van der Waals surface area (Å²) >= 11 is 0. The van der Waals surface area contributed by atoms with E-state index >= 15 is 0 Å². The van der Waals surface area contributed by atoms with Crippen molar-refractivity contribution in [2.24, 2.45) is 16.5 Å². The summed E-state index contributed by atoms with van der Waals surface area (Å²) in [6, 6.07) is 17.5. The number of benzene rings is 2. The first kappa shape index (κ1) is 27.4. The predicted octanol–water partition coefficient (Wildman–Crippen LogP) is 1.72. The number of aryl methyl sites for hydroxylation is 2. The Morgan fingerprint density at radius 1 is 1.05 bits per heavy atom. The highest BCUT2D eigenvalue weighted by molar-refractivity contribution is 7.92. The third-order valence-electron chi connectivity index (χ3n) is 5.45. The van der Waals surface area contributed by atoms with E-state index < -0.39 is 27.5 Å². The van der Waals surface area contributed by atoms with Gasteiger partial charge in [-0.05, 0) is 49.2 Å². The van der Waals surface area contributed by atoms with Gasteiger partial charge in [0.15, 0.2) is 0 Å². The fourth-order valence-electron chi connectivity index (χ4n) is 3.58. The third kappa shape index (κ3) is 7.41. The van der Waals surface area contributed by atoms with Crippen LogP contribution in [0.15, 0.2) is 81.4 Å². The zero-order valence-electron chi connectivity index (χ0n) is 20.5. The van der Waals surface area contributed by atoms with Crippen molar-refractivity contribution in [2.75, 3.05) is 11.3 Å². The number of aliphatic imine (C=N–C) groups is 1. The molecule has 0 aliphatic heterocycles. The number of nitrogens with two attached hydrogens (primary N) is 2. The summed E-state index contributed by atoms with van der Waals surface area (Å²) < 4.78 is 29.1. The first-order chi connectivity index (χ1) is 17.6. The summed E-state index contributed by atoms with van der Waals surface area (Å²) in [4.78, 5) is 34.9. The summed E-state index contributed by atoms with van der Waals surface area (Å²) in [5.74, 6) is -0.737. The van der Waals surface area contributed by atoms with E-state index in [-0.39, 0.29) is 29.6 Å². The van der Waals surface area contributed by atoms with Crippen LogP contribution in [0.4, 0.5) is 5.69 Å². The zero-order chi connectivity index (χ0) is 27.0. The molecule has 0 saturated carbocycles.